The van der Waals surface area contributed by atoms with Crippen LogP contribution in [0.3, 0.4) is 0 Å². The molecule has 24 heavy (non-hydrogen) atoms. The average molecular weight is 422 g/mol. The molecule has 0 aliphatic carbocycles. The Labute approximate surface area is 167 Å². The van der Waals surface area contributed by atoms with Gasteiger partial charge in [-0.1, -0.05) is 51.9 Å². The Kier molecular flexibility index (Phi) is 16.3. The maximum atomic E-state index is 10.4. The van der Waals surface area contributed by atoms with Crippen molar-refractivity contribution in [1.29, 1.82) is 0 Å². The van der Waals surface area contributed by atoms with Gasteiger partial charge in [-0.15, -0.1) is 46.4 Å². The molecule has 0 radical (unpaired) electrons. The molecule has 4 unspecified atom stereocenters. The van der Waals surface area contributed by atoms with Crippen LogP contribution in [0.4, 0.5) is 0 Å². The summed E-state index contributed by atoms with van der Waals surface area (Å²) in [4.78, 5) is 10.4. The van der Waals surface area contributed by atoms with Crippen molar-refractivity contribution in [1.82, 2.24) is 0 Å². The molecule has 0 amide bonds. The molecule has 2 nitrogen and oxygen atoms in total. The second kappa shape index (κ2) is 15.9. The van der Waals surface area contributed by atoms with Gasteiger partial charge in [0.15, 0.2) is 0 Å². The largest absolute Gasteiger partial charge is 0.481 e. The van der Waals surface area contributed by atoms with Gasteiger partial charge in [-0.3, -0.25) is 4.79 Å². The number of alkyl halides is 4. The molecule has 0 aromatic heterocycles. The molecule has 1 N–H and O–H groups in total. The molecular formula is C18H32Cl4O2. The van der Waals surface area contributed by atoms with Crippen molar-refractivity contribution in [3.05, 3.63) is 0 Å². The zero-order chi connectivity index (χ0) is 18.4. The lowest BCUT2D eigenvalue weighted by molar-refractivity contribution is -0.137. The molecule has 6 heteroatoms. The number of rotatable bonds is 16. The number of halogens is 4. The minimum atomic E-state index is -0.719. The van der Waals surface area contributed by atoms with E-state index in [1.54, 1.807) is 0 Å². The Hall–Kier alpha value is 0.630. The summed E-state index contributed by atoms with van der Waals surface area (Å²) in [6, 6.07) is 0. The first kappa shape index (κ1) is 24.6. The van der Waals surface area contributed by atoms with E-state index in [0.29, 0.717) is 6.42 Å². The number of unbranched alkanes of at least 4 members (excludes halogenated alkanes) is 6. The van der Waals surface area contributed by atoms with Crippen LogP contribution in [-0.2, 0) is 4.79 Å². The number of hydrogen-bond acceptors (Lipinski definition) is 1. The van der Waals surface area contributed by atoms with E-state index in [1.807, 2.05) is 0 Å². The number of carboxylic acid groups (broad SMARTS) is 1. The van der Waals surface area contributed by atoms with Crippen LogP contribution in [0, 0.1) is 0 Å². The fraction of sp³-hybridized carbons (Fsp3) is 0.944. The van der Waals surface area contributed by atoms with E-state index in [-0.39, 0.29) is 27.9 Å². The molecule has 0 aromatic rings. The third-order valence-electron chi connectivity index (χ3n) is 4.19. The normalized spacial score (nSPS) is 16.5. The smallest absolute Gasteiger partial charge is 0.303 e. The third-order valence-corrected chi connectivity index (χ3v) is 6.46. The molecule has 144 valence electrons. The van der Waals surface area contributed by atoms with Crippen molar-refractivity contribution < 1.29 is 9.90 Å². The highest BCUT2D eigenvalue weighted by Crippen LogP contribution is 2.27. The summed E-state index contributed by atoms with van der Waals surface area (Å²) in [5, 5.41) is 8.14. The lowest BCUT2D eigenvalue weighted by atomic mass is 10.0. The molecule has 4 atom stereocenters. The zero-order valence-electron chi connectivity index (χ0n) is 14.7. The second-order valence-corrected chi connectivity index (χ2v) is 8.74. The Bertz CT molecular complexity index is 315. The minimum absolute atomic E-state index is 0.0439. The van der Waals surface area contributed by atoms with Gasteiger partial charge in [-0.05, 0) is 25.7 Å². The van der Waals surface area contributed by atoms with Crippen LogP contribution in [-0.4, -0.2) is 32.6 Å². The number of hydrogen-bond donors (Lipinski definition) is 1. The second-order valence-electron chi connectivity index (χ2n) is 6.50. The molecule has 0 saturated carbocycles. The molecule has 0 aliphatic rings. The van der Waals surface area contributed by atoms with Gasteiger partial charge in [0.05, 0.1) is 10.8 Å². The third kappa shape index (κ3) is 13.9. The van der Waals surface area contributed by atoms with Gasteiger partial charge in [0.25, 0.3) is 0 Å². The van der Waals surface area contributed by atoms with E-state index in [0.717, 1.165) is 51.4 Å². The summed E-state index contributed by atoms with van der Waals surface area (Å²) in [5.74, 6) is -0.719. The minimum Gasteiger partial charge on any atom is -0.481 e. The molecular weight excluding hydrogens is 390 g/mol. The van der Waals surface area contributed by atoms with E-state index in [4.69, 9.17) is 51.5 Å². The molecule has 0 saturated heterocycles. The van der Waals surface area contributed by atoms with Crippen LogP contribution in [0.25, 0.3) is 0 Å². The van der Waals surface area contributed by atoms with Crippen LogP contribution < -0.4 is 0 Å². The van der Waals surface area contributed by atoms with E-state index >= 15 is 0 Å². The van der Waals surface area contributed by atoms with Crippen LogP contribution in [0.5, 0.6) is 0 Å². The maximum absolute atomic E-state index is 10.4. The first-order valence-corrected chi connectivity index (χ1v) is 10.9. The zero-order valence-corrected chi connectivity index (χ0v) is 17.7. The number of aliphatic carboxylic acids is 1. The summed E-state index contributed by atoms with van der Waals surface area (Å²) in [7, 11) is 0. The van der Waals surface area contributed by atoms with Crippen LogP contribution in [0.2, 0.25) is 0 Å². The lowest BCUT2D eigenvalue weighted by Gasteiger charge is -2.22. The first-order chi connectivity index (χ1) is 11.4. The van der Waals surface area contributed by atoms with E-state index in [9.17, 15) is 4.79 Å². The standard InChI is InChI=1S/C18H32Cl4O2/c1-2-3-7-10-14(19)16(21)13-17(22)15(20)11-8-5-4-6-9-12-18(23)24/h14-17H,2-13H2,1H3,(H,23,24). The fourth-order valence-electron chi connectivity index (χ4n) is 2.61. The molecule has 0 bridgehead atoms. The number of carbonyl (C=O) groups is 1. The predicted molar refractivity (Wildman–Crippen MR) is 107 cm³/mol. The topological polar surface area (TPSA) is 37.3 Å². The highest BCUT2D eigenvalue weighted by atomic mass is 35.5. The Morgan fingerprint density at radius 1 is 0.750 bits per heavy atom. The molecule has 0 fully saturated rings. The summed E-state index contributed by atoms with van der Waals surface area (Å²) >= 11 is 25.5. The summed E-state index contributed by atoms with van der Waals surface area (Å²) in [6.45, 7) is 2.17. The maximum Gasteiger partial charge on any atom is 0.303 e. The molecule has 0 aromatic carbocycles. The van der Waals surface area contributed by atoms with Crippen molar-refractivity contribution >= 4 is 52.4 Å². The van der Waals surface area contributed by atoms with Gasteiger partial charge in [0, 0.05) is 17.2 Å². The SMILES string of the molecule is CCCCCC(Cl)C(Cl)CC(Cl)C(Cl)CCCCCCCC(=O)O. The Balaban J connectivity index is 3.74. The summed E-state index contributed by atoms with van der Waals surface area (Å²) in [5.41, 5.74) is 0. The van der Waals surface area contributed by atoms with E-state index < -0.39 is 5.97 Å². The van der Waals surface area contributed by atoms with Gasteiger partial charge >= 0.3 is 5.97 Å². The van der Waals surface area contributed by atoms with E-state index in [2.05, 4.69) is 6.92 Å². The number of carboxylic acids is 1. The highest BCUT2D eigenvalue weighted by molar-refractivity contribution is 6.32. The molecule has 0 heterocycles. The van der Waals surface area contributed by atoms with Crippen LogP contribution >= 0.6 is 46.4 Å². The van der Waals surface area contributed by atoms with Crippen molar-refractivity contribution in [3.63, 3.8) is 0 Å². The Morgan fingerprint density at radius 2 is 1.21 bits per heavy atom. The van der Waals surface area contributed by atoms with Gasteiger partial charge in [0.1, 0.15) is 0 Å². The monoisotopic (exact) mass is 420 g/mol. The first-order valence-electron chi connectivity index (χ1n) is 9.16. The van der Waals surface area contributed by atoms with Crippen molar-refractivity contribution in [3.8, 4) is 0 Å². The highest BCUT2D eigenvalue weighted by Gasteiger charge is 2.24. The summed E-state index contributed by atoms with van der Waals surface area (Å²) in [6.07, 6.45) is 11.0. The van der Waals surface area contributed by atoms with E-state index in [1.165, 1.54) is 12.8 Å². The van der Waals surface area contributed by atoms with Gasteiger partial charge in [-0.2, -0.15) is 0 Å². The van der Waals surface area contributed by atoms with Crippen LogP contribution in [0.15, 0.2) is 0 Å². The van der Waals surface area contributed by atoms with Gasteiger partial charge in [-0.25, -0.2) is 0 Å². The molecule has 0 rings (SSSR count). The van der Waals surface area contributed by atoms with Gasteiger partial charge < -0.3 is 5.11 Å². The fourth-order valence-corrected chi connectivity index (χ4v) is 3.85. The molecule has 0 aliphatic heterocycles. The Morgan fingerprint density at radius 3 is 1.71 bits per heavy atom. The quantitative estimate of drug-likeness (QED) is 0.211. The molecule has 0 spiro atoms. The van der Waals surface area contributed by atoms with Crippen molar-refractivity contribution in [2.75, 3.05) is 0 Å². The lowest BCUT2D eigenvalue weighted by Crippen LogP contribution is -2.24. The summed E-state index contributed by atoms with van der Waals surface area (Å²) < 4.78 is 0. The van der Waals surface area contributed by atoms with Crippen molar-refractivity contribution in [2.45, 2.75) is 105 Å². The average Bonchev–Trinajstić information content (AvgIpc) is 2.53. The predicted octanol–water partition coefficient (Wildman–Crippen LogP) is 7.20. The van der Waals surface area contributed by atoms with Crippen molar-refractivity contribution in [2.24, 2.45) is 0 Å². The van der Waals surface area contributed by atoms with Crippen LogP contribution in [0.1, 0.15) is 84.0 Å². The van der Waals surface area contributed by atoms with Gasteiger partial charge in [0.2, 0.25) is 0 Å².